The molecule has 0 aromatic carbocycles. The molecule has 0 unspecified atom stereocenters. The van der Waals surface area contributed by atoms with Gasteiger partial charge >= 0.3 is 0 Å². The van der Waals surface area contributed by atoms with Crippen LogP contribution in [0.4, 0.5) is 0 Å². The molecule has 0 amide bonds. The highest BCUT2D eigenvalue weighted by atomic mass is 127. The van der Waals surface area contributed by atoms with Crippen LogP contribution in [0.2, 0.25) is 37.8 Å². The molecule has 4 heteroatoms. The Morgan fingerprint density at radius 3 is 2.10 bits per heavy atom. The molecule has 0 aliphatic heterocycles. The summed E-state index contributed by atoms with van der Waals surface area (Å²) in [5.74, 6) is 3.36. The first-order chi connectivity index (χ1) is 9.39. The maximum atomic E-state index is 6.49. The predicted molar refractivity (Wildman–Crippen MR) is 110 cm³/mol. The van der Waals surface area contributed by atoms with Crippen LogP contribution in [0.15, 0.2) is 22.3 Å². The zero-order valence-electron chi connectivity index (χ0n) is 14.9. The molecular weight excluding hydrogens is 403 g/mol. The highest BCUT2D eigenvalue weighted by Crippen LogP contribution is 2.37. The summed E-state index contributed by atoms with van der Waals surface area (Å²) in [5, 5.41) is 0.227. The summed E-state index contributed by atoms with van der Waals surface area (Å²) < 4.78 is 8.50. The fourth-order valence-electron chi connectivity index (χ4n) is 1.35. The molecule has 0 heterocycles. The van der Waals surface area contributed by atoms with E-state index in [4.69, 9.17) is 4.43 Å². The van der Waals surface area contributed by atoms with Crippen LogP contribution in [0.1, 0.15) is 27.2 Å². The molecule has 0 aromatic rings. The second kappa shape index (κ2) is 8.71. The average Bonchev–Trinajstić information content (AvgIpc) is 2.25. The lowest BCUT2D eigenvalue weighted by Gasteiger charge is -2.38. The molecule has 1 atom stereocenters. The van der Waals surface area contributed by atoms with Crippen molar-refractivity contribution < 1.29 is 4.43 Å². The van der Waals surface area contributed by atoms with Crippen molar-refractivity contribution >= 4 is 39.0 Å². The van der Waals surface area contributed by atoms with Gasteiger partial charge in [0.15, 0.2) is 8.32 Å². The normalized spacial score (nSPS) is 15.3. The van der Waals surface area contributed by atoms with E-state index < -0.39 is 16.4 Å². The van der Waals surface area contributed by atoms with Gasteiger partial charge in [0.25, 0.3) is 0 Å². The summed E-state index contributed by atoms with van der Waals surface area (Å²) in [6.45, 7) is 18.3. The van der Waals surface area contributed by atoms with E-state index in [9.17, 15) is 0 Å². The number of hydrogen-bond donors (Lipinski definition) is 0. The number of rotatable bonds is 5. The molecule has 21 heavy (non-hydrogen) atoms. The lowest BCUT2D eigenvalue weighted by Crippen LogP contribution is -2.43. The molecule has 0 rings (SSSR count). The molecule has 0 spiro atoms. The van der Waals surface area contributed by atoms with Crippen LogP contribution in [0.5, 0.6) is 0 Å². The summed E-state index contributed by atoms with van der Waals surface area (Å²) >= 11 is 2.23. The Morgan fingerprint density at radius 2 is 1.67 bits per heavy atom. The Kier molecular flexibility index (Phi) is 8.77. The van der Waals surface area contributed by atoms with Crippen LogP contribution >= 0.6 is 22.6 Å². The van der Waals surface area contributed by atoms with Crippen molar-refractivity contribution in [2.45, 2.75) is 71.1 Å². The summed E-state index contributed by atoms with van der Waals surface area (Å²) in [4.78, 5) is 0. The maximum Gasteiger partial charge on any atom is 0.192 e. The van der Waals surface area contributed by atoms with Gasteiger partial charge in [-0.15, -0.1) is 11.5 Å². The molecule has 0 fully saturated rings. The summed E-state index contributed by atoms with van der Waals surface area (Å²) in [6.07, 6.45) is 7.15. The van der Waals surface area contributed by atoms with E-state index in [-0.39, 0.29) is 11.1 Å². The van der Waals surface area contributed by atoms with E-state index >= 15 is 0 Å². The van der Waals surface area contributed by atoms with Crippen molar-refractivity contribution in [3.8, 4) is 11.5 Å². The first-order valence-corrected chi connectivity index (χ1v) is 15.2. The van der Waals surface area contributed by atoms with Gasteiger partial charge in [-0.25, -0.2) is 0 Å². The van der Waals surface area contributed by atoms with Crippen LogP contribution in [0.3, 0.4) is 0 Å². The molecule has 0 aromatic heterocycles. The zero-order valence-corrected chi connectivity index (χ0v) is 19.0. The van der Waals surface area contributed by atoms with Crippen LogP contribution in [-0.4, -0.2) is 22.5 Å². The summed E-state index contributed by atoms with van der Waals surface area (Å²) in [7, 11) is -3.06. The van der Waals surface area contributed by atoms with Gasteiger partial charge in [-0.2, -0.15) is 0 Å². The third-order valence-electron chi connectivity index (χ3n) is 3.53. The van der Waals surface area contributed by atoms with Gasteiger partial charge in [0.2, 0.25) is 0 Å². The minimum absolute atomic E-state index is 0.0994. The third kappa shape index (κ3) is 9.72. The van der Waals surface area contributed by atoms with Crippen LogP contribution in [0, 0.1) is 11.5 Å². The average molecular weight is 435 g/mol. The van der Waals surface area contributed by atoms with Crippen molar-refractivity contribution in [2.75, 3.05) is 0 Å². The molecule has 0 N–H and O–H groups in total. The quantitative estimate of drug-likeness (QED) is 0.218. The van der Waals surface area contributed by atoms with Crippen molar-refractivity contribution in [3.63, 3.8) is 0 Å². The predicted octanol–water partition coefficient (Wildman–Crippen LogP) is 6.15. The first kappa shape index (κ1) is 21.2. The number of hydrogen-bond acceptors (Lipinski definition) is 1. The Balaban J connectivity index is 5.02. The van der Waals surface area contributed by atoms with Crippen molar-refractivity contribution in [1.82, 2.24) is 0 Å². The molecule has 0 bridgehead atoms. The molecule has 120 valence electrons. The lowest BCUT2D eigenvalue weighted by atomic mass is 10.2. The van der Waals surface area contributed by atoms with Gasteiger partial charge < -0.3 is 4.43 Å². The first-order valence-electron chi connectivity index (χ1n) is 7.50. The number of halogens is 1. The molecular formula is C17H31IOSi2. The van der Waals surface area contributed by atoms with Gasteiger partial charge in [-0.3, -0.25) is 0 Å². The van der Waals surface area contributed by atoms with Crippen LogP contribution in [0.25, 0.3) is 0 Å². The zero-order chi connectivity index (χ0) is 16.7. The Bertz CT molecular complexity index is 428. The Hall–Kier alpha value is 0.164. The van der Waals surface area contributed by atoms with E-state index in [2.05, 4.69) is 99.7 Å². The molecule has 0 saturated heterocycles. The smallest absolute Gasteiger partial charge is 0.192 e. The Morgan fingerprint density at radius 1 is 1.10 bits per heavy atom. The highest BCUT2D eigenvalue weighted by molar-refractivity contribution is 14.1. The molecule has 0 aliphatic carbocycles. The van der Waals surface area contributed by atoms with Gasteiger partial charge in [-0.1, -0.05) is 81.2 Å². The van der Waals surface area contributed by atoms with Gasteiger partial charge in [0, 0.05) is 6.42 Å². The van der Waals surface area contributed by atoms with Crippen molar-refractivity contribution in [2.24, 2.45) is 0 Å². The fraction of sp³-hybridized carbons (Fsp3) is 0.647. The Labute approximate surface area is 147 Å². The summed E-state index contributed by atoms with van der Waals surface area (Å²) in [6, 6.07) is 0. The monoisotopic (exact) mass is 434 g/mol. The van der Waals surface area contributed by atoms with E-state index in [1.807, 2.05) is 10.2 Å². The van der Waals surface area contributed by atoms with Gasteiger partial charge in [0.1, 0.15) is 8.07 Å². The van der Waals surface area contributed by atoms with E-state index in [0.717, 1.165) is 6.42 Å². The highest BCUT2D eigenvalue weighted by Gasteiger charge is 2.38. The third-order valence-corrected chi connectivity index (χ3v) is 9.37. The molecule has 1 nitrogen and oxygen atoms in total. The van der Waals surface area contributed by atoms with Gasteiger partial charge in [0.05, 0.1) is 6.10 Å². The van der Waals surface area contributed by atoms with Crippen LogP contribution in [-0.2, 0) is 4.43 Å². The number of allylic oxidation sites excluding steroid dienone is 2. The van der Waals surface area contributed by atoms with E-state index in [1.165, 1.54) is 0 Å². The second-order valence-corrected chi connectivity index (χ2v) is 18.1. The molecule has 0 saturated carbocycles. The molecule has 0 aliphatic rings. The van der Waals surface area contributed by atoms with Crippen LogP contribution < -0.4 is 0 Å². The van der Waals surface area contributed by atoms with Crippen molar-refractivity contribution in [1.29, 1.82) is 0 Å². The maximum absolute atomic E-state index is 6.49. The minimum Gasteiger partial charge on any atom is -0.410 e. The van der Waals surface area contributed by atoms with Crippen molar-refractivity contribution in [3.05, 3.63) is 22.3 Å². The standard InChI is InChI=1S/C17H31IOSi2/c1-17(2,3)21(7,8)19-16(12-9-10-14-18)13-11-15-20(4,5)6/h9-10,12,14,16H,13H2,1-8H3/t16-/m0/s1. The van der Waals surface area contributed by atoms with E-state index in [1.54, 1.807) is 0 Å². The van der Waals surface area contributed by atoms with Gasteiger partial charge in [-0.05, 0) is 22.2 Å². The largest absolute Gasteiger partial charge is 0.410 e. The lowest BCUT2D eigenvalue weighted by molar-refractivity contribution is 0.230. The second-order valence-electron chi connectivity index (χ2n) is 7.88. The molecule has 0 radical (unpaired) electrons. The fourth-order valence-corrected chi connectivity index (χ4v) is 3.50. The van der Waals surface area contributed by atoms with E-state index in [0.29, 0.717) is 0 Å². The summed E-state index contributed by atoms with van der Waals surface area (Å²) in [5.41, 5.74) is 3.44. The minimum atomic E-state index is -1.76. The SMILES string of the molecule is CC(C)(C)[Si](C)(C)O[C@@H](C=CC=CI)CC#C[Si](C)(C)C. The topological polar surface area (TPSA) is 9.23 Å².